The summed E-state index contributed by atoms with van der Waals surface area (Å²) in [5.41, 5.74) is 0.855. The lowest BCUT2D eigenvalue weighted by Gasteiger charge is -2.15. The van der Waals surface area contributed by atoms with Crippen LogP contribution in [0.3, 0.4) is 0 Å². The van der Waals surface area contributed by atoms with Crippen LogP contribution >= 0.6 is 12.2 Å². The maximum atomic E-state index is 12.0. The van der Waals surface area contributed by atoms with Crippen molar-refractivity contribution in [3.8, 4) is 6.07 Å². The van der Waals surface area contributed by atoms with E-state index in [0.29, 0.717) is 4.77 Å². The summed E-state index contributed by atoms with van der Waals surface area (Å²) < 4.78 is 3.94. The van der Waals surface area contributed by atoms with E-state index in [1.807, 2.05) is 4.57 Å². The van der Waals surface area contributed by atoms with Crippen LogP contribution in [0.1, 0.15) is 43.4 Å². The van der Waals surface area contributed by atoms with Crippen molar-refractivity contribution < 1.29 is 0 Å². The van der Waals surface area contributed by atoms with Crippen LogP contribution < -0.4 is 5.56 Å². The number of rotatable bonds is 0. The molecule has 0 aliphatic carbocycles. The average molecular weight is 263 g/mol. The second-order valence-corrected chi connectivity index (χ2v) is 5.11. The molecule has 1 aromatic heterocycles. The molecule has 96 valence electrons. The van der Waals surface area contributed by atoms with E-state index in [1.165, 1.54) is 17.4 Å². The van der Waals surface area contributed by atoms with Gasteiger partial charge in [0.15, 0.2) is 4.77 Å². The Balaban J connectivity index is 2.68. The van der Waals surface area contributed by atoms with Gasteiger partial charge in [0.2, 0.25) is 0 Å². The molecule has 2 rings (SSSR count). The largest absolute Gasteiger partial charge is 0.321 e. The molecule has 5 heteroatoms. The van der Waals surface area contributed by atoms with Crippen molar-refractivity contribution in [2.75, 3.05) is 0 Å². The zero-order valence-electron chi connectivity index (χ0n) is 10.6. The highest BCUT2D eigenvalue weighted by Crippen LogP contribution is 2.16. The lowest BCUT2D eigenvalue weighted by Crippen LogP contribution is -2.28. The number of aromatic nitrogens is 2. The first-order chi connectivity index (χ1) is 8.66. The summed E-state index contributed by atoms with van der Waals surface area (Å²) in [6.45, 7) is 0.816. The summed E-state index contributed by atoms with van der Waals surface area (Å²) in [6, 6.07) is 2.06. The minimum absolute atomic E-state index is 0.256. The zero-order valence-corrected chi connectivity index (χ0v) is 11.4. The lowest BCUT2D eigenvalue weighted by molar-refractivity contribution is 0.552. The molecular formula is C13H17N3OS. The zero-order chi connectivity index (χ0) is 13.1. The fourth-order valence-corrected chi connectivity index (χ4v) is 2.79. The monoisotopic (exact) mass is 263 g/mol. The molecular weight excluding hydrogens is 246 g/mol. The summed E-state index contributed by atoms with van der Waals surface area (Å²) in [5, 5.41) is 9.21. The molecule has 0 bridgehead atoms. The van der Waals surface area contributed by atoms with Gasteiger partial charge in [-0.3, -0.25) is 9.36 Å². The Morgan fingerprint density at radius 2 is 1.89 bits per heavy atom. The molecule has 0 saturated heterocycles. The van der Waals surface area contributed by atoms with Gasteiger partial charge in [0.1, 0.15) is 11.6 Å². The van der Waals surface area contributed by atoms with Crippen LogP contribution in [0.25, 0.3) is 0 Å². The van der Waals surface area contributed by atoms with Gasteiger partial charge in [-0.05, 0) is 31.5 Å². The molecule has 0 fully saturated rings. The normalized spacial score (nSPS) is 16.0. The highest BCUT2D eigenvalue weighted by molar-refractivity contribution is 7.71. The van der Waals surface area contributed by atoms with Crippen molar-refractivity contribution in [3.63, 3.8) is 0 Å². The van der Waals surface area contributed by atoms with Crippen LogP contribution in [0, 0.1) is 16.1 Å². The molecule has 4 nitrogen and oxygen atoms in total. The third kappa shape index (κ3) is 2.25. The topological polar surface area (TPSA) is 50.7 Å². The molecule has 1 aliphatic rings. The molecule has 0 spiro atoms. The highest BCUT2D eigenvalue weighted by Gasteiger charge is 2.16. The molecule has 0 N–H and O–H groups in total. The lowest BCUT2D eigenvalue weighted by atomic mass is 10.1. The predicted molar refractivity (Wildman–Crippen MR) is 72.0 cm³/mol. The van der Waals surface area contributed by atoms with Crippen LogP contribution in [0.2, 0.25) is 0 Å². The summed E-state index contributed by atoms with van der Waals surface area (Å²) in [6.07, 6.45) is 6.43. The molecule has 1 aromatic rings. The van der Waals surface area contributed by atoms with Gasteiger partial charge in [0.05, 0.1) is 0 Å². The molecule has 0 aromatic carbocycles. The Bertz CT molecular complexity index is 606. The van der Waals surface area contributed by atoms with E-state index in [9.17, 15) is 10.1 Å². The van der Waals surface area contributed by atoms with E-state index >= 15 is 0 Å². The van der Waals surface area contributed by atoms with Crippen LogP contribution in [0.4, 0.5) is 0 Å². The first kappa shape index (κ1) is 13.0. The van der Waals surface area contributed by atoms with E-state index in [1.54, 1.807) is 7.05 Å². The maximum absolute atomic E-state index is 12.0. The van der Waals surface area contributed by atoms with Gasteiger partial charge in [-0.15, -0.1) is 0 Å². The number of nitriles is 1. The van der Waals surface area contributed by atoms with Crippen LogP contribution in [0.15, 0.2) is 4.79 Å². The average Bonchev–Trinajstić information content (AvgIpc) is 2.49. The van der Waals surface area contributed by atoms with Crippen LogP contribution in [-0.2, 0) is 20.0 Å². The van der Waals surface area contributed by atoms with Crippen molar-refractivity contribution in [3.05, 3.63) is 26.4 Å². The summed E-state index contributed by atoms with van der Waals surface area (Å²) in [5.74, 6) is 0. The van der Waals surface area contributed by atoms with Gasteiger partial charge in [0.25, 0.3) is 5.56 Å². The van der Waals surface area contributed by atoms with E-state index in [4.69, 9.17) is 12.2 Å². The van der Waals surface area contributed by atoms with E-state index in [2.05, 4.69) is 6.07 Å². The van der Waals surface area contributed by atoms with E-state index < -0.39 is 0 Å². The van der Waals surface area contributed by atoms with Crippen molar-refractivity contribution >= 4 is 12.2 Å². The minimum Gasteiger partial charge on any atom is -0.321 e. The van der Waals surface area contributed by atoms with Crippen molar-refractivity contribution in [2.45, 2.75) is 45.1 Å². The van der Waals surface area contributed by atoms with E-state index in [0.717, 1.165) is 37.9 Å². The second kappa shape index (κ2) is 5.49. The Kier molecular flexibility index (Phi) is 3.97. The Morgan fingerprint density at radius 3 is 2.61 bits per heavy atom. The Morgan fingerprint density at radius 1 is 1.22 bits per heavy atom. The SMILES string of the molecule is Cn1c(=O)c(C#N)c2n(c1=S)CCCCCCC2. The second-order valence-electron chi connectivity index (χ2n) is 4.75. The first-order valence-electron chi connectivity index (χ1n) is 6.39. The summed E-state index contributed by atoms with van der Waals surface area (Å²) in [7, 11) is 1.64. The molecule has 0 radical (unpaired) electrons. The molecule has 2 heterocycles. The quantitative estimate of drug-likeness (QED) is 0.675. The molecule has 0 amide bonds. The van der Waals surface area contributed by atoms with Gasteiger partial charge >= 0.3 is 0 Å². The number of fused-ring (bicyclic) bond motifs is 1. The van der Waals surface area contributed by atoms with Crippen molar-refractivity contribution in [2.24, 2.45) is 7.05 Å². The first-order valence-corrected chi connectivity index (χ1v) is 6.80. The summed E-state index contributed by atoms with van der Waals surface area (Å²) >= 11 is 5.34. The van der Waals surface area contributed by atoms with Crippen molar-refractivity contribution in [1.82, 2.24) is 9.13 Å². The van der Waals surface area contributed by atoms with Gasteiger partial charge < -0.3 is 4.57 Å². The highest BCUT2D eigenvalue weighted by atomic mass is 32.1. The third-order valence-corrected chi connectivity index (χ3v) is 4.05. The molecule has 1 aliphatic heterocycles. The van der Waals surface area contributed by atoms with Gasteiger partial charge in [0, 0.05) is 19.3 Å². The van der Waals surface area contributed by atoms with Crippen LogP contribution in [-0.4, -0.2) is 9.13 Å². The van der Waals surface area contributed by atoms with Gasteiger partial charge in [-0.25, -0.2) is 0 Å². The van der Waals surface area contributed by atoms with Gasteiger partial charge in [-0.1, -0.05) is 19.3 Å². The van der Waals surface area contributed by atoms with E-state index in [-0.39, 0.29) is 11.1 Å². The fraction of sp³-hybridized carbons (Fsp3) is 0.615. The standard InChI is InChI=1S/C13H17N3OS/c1-15-12(17)10(9-14)11-7-5-3-2-4-6-8-16(11)13(15)18/h2-8H2,1H3. The van der Waals surface area contributed by atoms with Gasteiger partial charge in [-0.2, -0.15) is 5.26 Å². The molecule has 0 saturated carbocycles. The van der Waals surface area contributed by atoms with Crippen molar-refractivity contribution in [1.29, 1.82) is 5.26 Å². The predicted octanol–water partition coefficient (Wildman–Crippen LogP) is 2.29. The Hall–Kier alpha value is -1.41. The number of hydrogen-bond acceptors (Lipinski definition) is 3. The summed E-state index contributed by atoms with van der Waals surface area (Å²) in [4.78, 5) is 12.0. The smallest absolute Gasteiger partial charge is 0.272 e. The number of nitrogens with zero attached hydrogens (tertiary/aromatic N) is 3. The van der Waals surface area contributed by atoms with Crippen LogP contribution in [0.5, 0.6) is 0 Å². The Labute approximate surface area is 111 Å². The minimum atomic E-state index is -0.256. The fourth-order valence-electron chi connectivity index (χ4n) is 2.51. The third-order valence-electron chi connectivity index (χ3n) is 3.56. The molecule has 0 atom stereocenters. The maximum Gasteiger partial charge on any atom is 0.272 e. The molecule has 18 heavy (non-hydrogen) atoms. The molecule has 0 unspecified atom stereocenters. The number of hydrogen-bond donors (Lipinski definition) is 0.